The van der Waals surface area contributed by atoms with Gasteiger partial charge in [0.15, 0.2) is 0 Å². The van der Waals surface area contributed by atoms with E-state index in [1.165, 1.54) is 16.8 Å². The van der Waals surface area contributed by atoms with Crippen molar-refractivity contribution in [3.63, 3.8) is 0 Å². The summed E-state index contributed by atoms with van der Waals surface area (Å²) < 4.78 is 0. The molecule has 0 fully saturated rings. The van der Waals surface area contributed by atoms with Crippen LogP contribution in [0, 0.1) is 0 Å². The van der Waals surface area contributed by atoms with E-state index in [1.807, 2.05) is 7.05 Å². The van der Waals surface area contributed by atoms with Gasteiger partial charge in [0.05, 0.1) is 0 Å². The van der Waals surface area contributed by atoms with Crippen LogP contribution in [-0.2, 0) is 13.1 Å². The van der Waals surface area contributed by atoms with Crippen LogP contribution in [0.5, 0.6) is 0 Å². The molecule has 0 spiro atoms. The minimum absolute atomic E-state index is 1.08. The normalized spacial score (nSPS) is 15.5. The molecular weight excluding hydrogens is 198 g/mol. The van der Waals surface area contributed by atoms with Crippen molar-refractivity contribution in [1.29, 1.82) is 0 Å². The molecule has 0 radical (unpaired) electrons. The quantitative estimate of drug-likeness (QED) is 0.830. The SMILES string of the molecule is CNc1cccc2c1CN(CCN(C)C)C2. The first-order valence-electron chi connectivity index (χ1n) is 5.86. The molecule has 0 saturated heterocycles. The van der Waals surface area contributed by atoms with Gasteiger partial charge in [-0.3, -0.25) is 4.90 Å². The second-order valence-electron chi connectivity index (χ2n) is 4.71. The Morgan fingerprint density at radius 3 is 2.81 bits per heavy atom. The van der Waals surface area contributed by atoms with E-state index in [0.717, 1.165) is 26.2 Å². The number of hydrogen-bond donors (Lipinski definition) is 1. The van der Waals surface area contributed by atoms with Gasteiger partial charge in [-0.05, 0) is 31.3 Å². The smallest absolute Gasteiger partial charge is 0.0386 e. The van der Waals surface area contributed by atoms with Gasteiger partial charge in [0.2, 0.25) is 0 Å². The van der Waals surface area contributed by atoms with Crippen molar-refractivity contribution in [2.24, 2.45) is 0 Å². The standard InChI is InChI=1S/C13H21N3/c1-14-13-6-4-5-11-9-16(10-12(11)13)8-7-15(2)3/h4-6,14H,7-10H2,1-3H3. The largest absolute Gasteiger partial charge is 0.388 e. The number of nitrogens with one attached hydrogen (secondary N) is 1. The number of nitrogens with zero attached hydrogens (tertiary/aromatic N) is 2. The third-order valence-electron chi connectivity index (χ3n) is 3.18. The molecule has 3 heteroatoms. The Morgan fingerprint density at radius 2 is 2.12 bits per heavy atom. The lowest BCUT2D eigenvalue weighted by atomic mass is 10.1. The highest BCUT2D eigenvalue weighted by Gasteiger charge is 2.20. The fourth-order valence-electron chi connectivity index (χ4n) is 2.22. The number of likely N-dealkylation sites (N-methyl/N-ethyl adjacent to an activating group) is 1. The second kappa shape index (κ2) is 4.85. The summed E-state index contributed by atoms with van der Waals surface area (Å²) in [6, 6.07) is 6.54. The molecule has 0 unspecified atom stereocenters. The van der Waals surface area contributed by atoms with E-state index in [-0.39, 0.29) is 0 Å². The third-order valence-corrected chi connectivity index (χ3v) is 3.18. The van der Waals surface area contributed by atoms with Gasteiger partial charge in [-0.2, -0.15) is 0 Å². The third kappa shape index (κ3) is 2.36. The highest BCUT2D eigenvalue weighted by molar-refractivity contribution is 5.55. The van der Waals surface area contributed by atoms with Crippen molar-refractivity contribution in [1.82, 2.24) is 9.80 Å². The Bertz CT molecular complexity index is 360. The zero-order chi connectivity index (χ0) is 11.5. The molecule has 16 heavy (non-hydrogen) atoms. The molecule has 1 N–H and O–H groups in total. The maximum atomic E-state index is 3.28. The highest BCUT2D eigenvalue weighted by Crippen LogP contribution is 2.28. The number of fused-ring (bicyclic) bond motifs is 1. The number of hydrogen-bond acceptors (Lipinski definition) is 3. The Balaban J connectivity index is 2.03. The van der Waals surface area contributed by atoms with Crippen LogP contribution in [-0.4, -0.2) is 44.0 Å². The van der Waals surface area contributed by atoms with E-state index >= 15 is 0 Å². The summed E-state index contributed by atoms with van der Waals surface area (Å²) in [6.07, 6.45) is 0. The fraction of sp³-hybridized carbons (Fsp3) is 0.538. The Hall–Kier alpha value is -1.06. The minimum atomic E-state index is 1.08. The predicted octanol–water partition coefficient (Wildman–Crippen LogP) is 1.61. The first-order valence-corrected chi connectivity index (χ1v) is 5.86. The van der Waals surface area contributed by atoms with E-state index < -0.39 is 0 Å². The van der Waals surface area contributed by atoms with E-state index in [4.69, 9.17) is 0 Å². The molecule has 0 aliphatic carbocycles. The van der Waals surface area contributed by atoms with Gasteiger partial charge in [0, 0.05) is 38.9 Å². The first kappa shape index (κ1) is 11.4. The Kier molecular flexibility index (Phi) is 3.46. The molecule has 1 aliphatic rings. The maximum absolute atomic E-state index is 3.28. The van der Waals surface area contributed by atoms with Crippen LogP contribution in [0.3, 0.4) is 0 Å². The Morgan fingerprint density at radius 1 is 1.31 bits per heavy atom. The first-order chi connectivity index (χ1) is 7.70. The van der Waals surface area contributed by atoms with E-state index in [0.29, 0.717) is 0 Å². The van der Waals surface area contributed by atoms with Crippen molar-refractivity contribution >= 4 is 5.69 Å². The monoisotopic (exact) mass is 219 g/mol. The topological polar surface area (TPSA) is 18.5 Å². The molecule has 88 valence electrons. The number of rotatable bonds is 4. The van der Waals surface area contributed by atoms with Crippen LogP contribution in [0.1, 0.15) is 11.1 Å². The summed E-state index contributed by atoms with van der Waals surface area (Å²) in [5.41, 5.74) is 4.24. The molecule has 0 aromatic heterocycles. The van der Waals surface area contributed by atoms with Gasteiger partial charge in [0.25, 0.3) is 0 Å². The zero-order valence-electron chi connectivity index (χ0n) is 10.5. The molecule has 0 amide bonds. The van der Waals surface area contributed by atoms with Crippen LogP contribution in [0.15, 0.2) is 18.2 Å². The molecule has 3 nitrogen and oxygen atoms in total. The molecule has 1 aromatic rings. The van der Waals surface area contributed by atoms with Gasteiger partial charge in [0.1, 0.15) is 0 Å². The average molecular weight is 219 g/mol. The van der Waals surface area contributed by atoms with Crippen molar-refractivity contribution < 1.29 is 0 Å². The molecular formula is C13H21N3. The summed E-state index contributed by atoms with van der Waals surface area (Å²) in [7, 11) is 6.25. The van der Waals surface area contributed by atoms with Crippen LogP contribution in [0.4, 0.5) is 5.69 Å². The van der Waals surface area contributed by atoms with Gasteiger partial charge in [-0.15, -0.1) is 0 Å². The van der Waals surface area contributed by atoms with Crippen LogP contribution < -0.4 is 5.32 Å². The maximum Gasteiger partial charge on any atom is 0.0386 e. The fourth-order valence-corrected chi connectivity index (χ4v) is 2.22. The van der Waals surface area contributed by atoms with Crippen LogP contribution in [0.2, 0.25) is 0 Å². The molecule has 1 aromatic carbocycles. The van der Waals surface area contributed by atoms with Gasteiger partial charge < -0.3 is 10.2 Å². The molecule has 0 atom stereocenters. The van der Waals surface area contributed by atoms with Gasteiger partial charge in [-0.1, -0.05) is 12.1 Å². The lowest BCUT2D eigenvalue weighted by molar-refractivity contribution is 0.246. The van der Waals surface area contributed by atoms with Crippen LogP contribution >= 0.6 is 0 Å². The predicted molar refractivity (Wildman–Crippen MR) is 68.7 cm³/mol. The van der Waals surface area contributed by atoms with Gasteiger partial charge >= 0.3 is 0 Å². The summed E-state index contributed by atoms with van der Waals surface area (Å²) in [5.74, 6) is 0. The van der Waals surface area contributed by atoms with E-state index in [1.54, 1.807) is 0 Å². The van der Waals surface area contributed by atoms with Crippen molar-refractivity contribution in [2.45, 2.75) is 13.1 Å². The van der Waals surface area contributed by atoms with Crippen molar-refractivity contribution in [3.8, 4) is 0 Å². The summed E-state index contributed by atoms with van der Waals surface area (Å²) in [4.78, 5) is 4.74. The summed E-state index contributed by atoms with van der Waals surface area (Å²) in [6.45, 7) is 4.45. The second-order valence-corrected chi connectivity index (χ2v) is 4.71. The lowest BCUT2D eigenvalue weighted by Crippen LogP contribution is -2.27. The summed E-state index contributed by atoms with van der Waals surface area (Å²) >= 11 is 0. The average Bonchev–Trinajstić information content (AvgIpc) is 2.68. The molecule has 2 rings (SSSR count). The van der Waals surface area contributed by atoms with Gasteiger partial charge in [-0.25, -0.2) is 0 Å². The lowest BCUT2D eigenvalue weighted by Gasteiger charge is -2.17. The van der Waals surface area contributed by atoms with E-state index in [2.05, 4.69) is 47.4 Å². The number of anilines is 1. The minimum Gasteiger partial charge on any atom is -0.388 e. The number of benzene rings is 1. The molecule has 1 aliphatic heterocycles. The zero-order valence-corrected chi connectivity index (χ0v) is 10.5. The van der Waals surface area contributed by atoms with Crippen molar-refractivity contribution in [3.05, 3.63) is 29.3 Å². The summed E-state index contributed by atoms with van der Waals surface area (Å²) in [5, 5.41) is 3.28. The molecule has 1 heterocycles. The van der Waals surface area contributed by atoms with Crippen molar-refractivity contribution in [2.75, 3.05) is 39.5 Å². The molecule has 0 saturated carbocycles. The molecule has 0 bridgehead atoms. The van der Waals surface area contributed by atoms with E-state index in [9.17, 15) is 0 Å². The van der Waals surface area contributed by atoms with Crippen LogP contribution in [0.25, 0.3) is 0 Å². The highest BCUT2D eigenvalue weighted by atomic mass is 15.2. The Labute approximate surface area is 98.0 Å².